The minimum atomic E-state index is -0.705. The summed E-state index contributed by atoms with van der Waals surface area (Å²) in [6, 6.07) is 0. The van der Waals surface area contributed by atoms with E-state index in [0.29, 0.717) is 12.3 Å². The molecule has 1 unspecified atom stereocenters. The Kier molecular flexibility index (Phi) is 17.2. The van der Waals surface area contributed by atoms with Crippen LogP contribution in [-0.4, -0.2) is 29.5 Å². The fourth-order valence-corrected chi connectivity index (χ4v) is 7.54. The smallest absolute Gasteiger partial charge is 0.118 e. The van der Waals surface area contributed by atoms with Gasteiger partial charge in [-0.15, -0.1) is 0 Å². The van der Waals surface area contributed by atoms with Gasteiger partial charge < -0.3 is 14.9 Å². The van der Waals surface area contributed by atoms with Crippen LogP contribution in [-0.2, 0) is 4.74 Å². The first-order chi connectivity index (χ1) is 18.4. The Morgan fingerprint density at radius 3 is 1.47 bits per heavy atom. The van der Waals surface area contributed by atoms with Gasteiger partial charge in [-0.1, -0.05) is 53.9 Å². The second kappa shape index (κ2) is 18.5. The summed E-state index contributed by atoms with van der Waals surface area (Å²) in [4.78, 5) is 0. The van der Waals surface area contributed by atoms with Crippen molar-refractivity contribution in [2.45, 2.75) is 151 Å². The molecule has 0 heterocycles. The van der Waals surface area contributed by atoms with Crippen molar-refractivity contribution in [3.05, 3.63) is 23.0 Å². The monoisotopic (exact) mass is 535 g/mol. The molecule has 4 rings (SSSR count). The minimum Gasteiger partial charge on any atom is -0.493 e. The van der Waals surface area contributed by atoms with Crippen molar-refractivity contribution in [3.63, 3.8) is 0 Å². The van der Waals surface area contributed by atoms with Crippen molar-refractivity contribution in [1.29, 1.82) is 0 Å². The molecule has 0 spiro atoms. The maximum atomic E-state index is 10.5. The molecule has 3 saturated carbocycles. The molecule has 0 amide bonds. The van der Waals surface area contributed by atoms with Crippen LogP contribution in [0.1, 0.15) is 145 Å². The van der Waals surface area contributed by atoms with Crippen LogP contribution in [0.5, 0.6) is 0 Å². The number of allylic oxidation sites excluding steroid dienone is 1. The number of rotatable bonds is 6. The number of hydrogen-bond acceptors (Lipinski definition) is 3. The van der Waals surface area contributed by atoms with Crippen LogP contribution in [0.25, 0.3) is 0 Å². The average Bonchev–Trinajstić information content (AvgIpc) is 2.99. The molecule has 38 heavy (non-hydrogen) atoms. The third kappa shape index (κ3) is 9.99. The molecule has 3 nitrogen and oxygen atoms in total. The second-order valence-electron chi connectivity index (χ2n) is 12.3. The molecule has 0 saturated heterocycles. The molecule has 3 heteroatoms. The molecule has 0 radical (unpaired) electrons. The van der Waals surface area contributed by atoms with Gasteiger partial charge >= 0.3 is 0 Å². The highest BCUT2D eigenvalue weighted by Gasteiger charge is 2.35. The molecule has 0 aromatic heterocycles. The van der Waals surface area contributed by atoms with Crippen molar-refractivity contribution >= 4 is 0 Å². The molecular formula is C35H66O3. The van der Waals surface area contributed by atoms with Gasteiger partial charge in [-0.25, -0.2) is 0 Å². The Labute approximate surface area is 237 Å². The van der Waals surface area contributed by atoms with Gasteiger partial charge in [0.05, 0.1) is 12.2 Å². The predicted octanol–water partition coefficient (Wildman–Crippen LogP) is 9.87. The second-order valence-corrected chi connectivity index (χ2v) is 12.3. The summed E-state index contributed by atoms with van der Waals surface area (Å²) in [6.45, 7) is 17.3. The van der Waals surface area contributed by atoms with E-state index >= 15 is 0 Å². The van der Waals surface area contributed by atoms with Gasteiger partial charge in [0.15, 0.2) is 0 Å². The average molecular weight is 535 g/mol. The molecule has 0 aromatic carbocycles. The summed E-state index contributed by atoms with van der Waals surface area (Å²) in [7, 11) is 1.00. The quantitative estimate of drug-likeness (QED) is 0.356. The summed E-state index contributed by atoms with van der Waals surface area (Å²) < 4.78 is 6.27. The zero-order valence-electron chi connectivity index (χ0n) is 27.0. The first-order valence-corrected chi connectivity index (χ1v) is 16.6. The Morgan fingerprint density at radius 1 is 0.711 bits per heavy atom. The molecule has 4 aliphatic rings. The van der Waals surface area contributed by atoms with Crippen LogP contribution >= 0.6 is 0 Å². The van der Waals surface area contributed by atoms with Gasteiger partial charge in [-0.05, 0) is 138 Å². The standard InChI is InChI=1S/C30H50O2.2C2H6.CH4O/c1-5-23-6-10-25(11-7-23)27-14-16-28(17-15-27)26-12-8-24(9-13-26)20-32-29-18-19-30(4,31)22(3)21(29)2;3*1-2/h18,23-28,31H,5-17,19-20H2,1-4H3;2*1-2H3;2H,1H3. The van der Waals surface area contributed by atoms with Gasteiger partial charge in [0, 0.05) is 13.5 Å². The highest BCUT2D eigenvalue weighted by Crippen LogP contribution is 2.46. The maximum Gasteiger partial charge on any atom is 0.118 e. The lowest BCUT2D eigenvalue weighted by atomic mass is 9.65. The van der Waals surface area contributed by atoms with Crippen molar-refractivity contribution < 1.29 is 14.9 Å². The molecule has 3 fully saturated rings. The zero-order valence-corrected chi connectivity index (χ0v) is 27.0. The summed E-state index contributed by atoms with van der Waals surface area (Å²) in [5.41, 5.74) is 1.49. The van der Waals surface area contributed by atoms with E-state index in [4.69, 9.17) is 9.84 Å². The fraction of sp³-hybridized carbons (Fsp3) is 0.886. The van der Waals surface area contributed by atoms with Crippen LogP contribution in [0.3, 0.4) is 0 Å². The predicted molar refractivity (Wildman–Crippen MR) is 165 cm³/mol. The van der Waals surface area contributed by atoms with Crippen LogP contribution in [0.15, 0.2) is 23.0 Å². The Hall–Kier alpha value is -0.800. The number of aliphatic hydroxyl groups is 2. The highest BCUT2D eigenvalue weighted by molar-refractivity contribution is 5.37. The van der Waals surface area contributed by atoms with Crippen molar-refractivity contribution in [2.24, 2.45) is 35.5 Å². The van der Waals surface area contributed by atoms with E-state index in [1.807, 2.05) is 41.5 Å². The largest absolute Gasteiger partial charge is 0.493 e. The van der Waals surface area contributed by atoms with E-state index in [0.717, 1.165) is 60.2 Å². The Bertz CT molecular complexity index is 667. The van der Waals surface area contributed by atoms with E-state index in [2.05, 4.69) is 19.9 Å². The van der Waals surface area contributed by atoms with Gasteiger partial charge in [0.1, 0.15) is 5.76 Å². The van der Waals surface area contributed by atoms with Crippen LogP contribution in [0.4, 0.5) is 0 Å². The van der Waals surface area contributed by atoms with Gasteiger partial charge in [0.25, 0.3) is 0 Å². The van der Waals surface area contributed by atoms with E-state index in [-0.39, 0.29) is 0 Å². The normalized spacial score (nSPS) is 35.3. The number of aliphatic hydroxyl groups excluding tert-OH is 1. The molecule has 224 valence electrons. The maximum absolute atomic E-state index is 10.5. The lowest BCUT2D eigenvalue weighted by Crippen LogP contribution is -2.30. The molecule has 0 aromatic rings. The molecule has 0 bridgehead atoms. The first kappa shape index (κ1) is 35.2. The lowest BCUT2D eigenvalue weighted by molar-refractivity contribution is 0.0773. The number of ether oxygens (including phenoxy) is 1. The molecular weight excluding hydrogens is 468 g/mol. The van der Waals surface area contributed by atoms with Gasteiger partial charge in [0.2, 0.25) is 0 Å². The third-order valence-corrected chi connectivity index (χ3v) is 10.4. The SMILES string of the molecule is CC.CC.CCC1CCC(C2CCC(C3CCC(COC4=CCC(C)(O)C(C)=C4C)CC3)CC2)CC1.CO. The highest BCUT2D eigenvalue weighted by atomic mass is 16.5. The topological polar surface area (TPSA) is 49.7 Å². The van der Waals surface area contributed by atoms with Crippen LogP contribution in [0, 0.1) is 35.5 Å². The van der Waals surface area contributed by atoms with Gasteiger partial charge in [-0.3, -0.25) is 0 Å². The van der Waals surface area contributed by atoms with E-state index in [9.17, 15) is 5.11 Å². The summed E-state index contributed by atoms with van der Waals surface area (Å²) >= 11 is 0. The molecule has 4 aliphatic carbocycles. The molecule has 0 aliphatic heterocycles. The van der Waals surface area contributed by atoms with E-state index < -0.39 is 5.60 Å². The summed E-state index contributed by atoms with van der Waals surface area (Å²) in [6.07, 6.45) is 21.9. The minimum absolute atomic E-state index is 0.668. The van der Waals surface area contributed by atoms with E-state index in [1.165, 1.54) is 83.5 Å². The summed E-state index contributed by atoms with van der Waals surface area (Å²) in [5.74, 6) is 6.88. The first-order valence-electron chi connectivity index (χ1n) is 16.6. The van der Waals surface area contributed by atoms with Gasteiger partial charge in [-0.2, -0.15) is 0 Å². The molecule has 1 atom stereocenters. The Morgan fingerprint density at radius 2 is 1.08 bits per heavy atom. The van der Waals surface area contributed by atoms with Crippen molar-refractivity contribution in [2.75, 3.05) is 13.7 Å². The molecule has 2 N–H and O–H groups in total. The van der Waals surface area contributed by atoms with Crippen molar-refractivity contribution in [3.8, 4) is 0 Å². The van der Waals surface area contributed by atoms with Crippen LogP contribution < -0.4 is 0 Å². The fourth-order valence-electron chi connectivity index (χ4n) is 7.54. The Balaban J connectivity index is 0.00000112. The van der Waals surface area contributed by atoms with E-state index in [1.54, 1.807) is 0 Å². The third-order valence-electron chi connectivity index (χ3n) is 10.4. The summed E-state index contributed by atoms with van der Waals surface area (Å²) in [5, 5.41) is 17.5. The van der Waals surface area contributed by atoms with Crippen molar-refractivity contribution in [1.82, 2.24) is 0 Å². The number of hydrogen-bond donors (Lipinski definition) is 2. The lowest BCUT2D eigenvalue weighted by Gasteiger charge is -2.41. The van der Waals surface area contributed by atoms with Crippen LogP contribution in [0.2, 0.25) is 0 Å². The zero-order chi connectivity index (χ0) is 28.7.